The fourth-order valence-corrected chi connectivity index (χ4v) is 0.635. The van der Waals surface area contributed by atoms with Crippen molar-refractivity contribution in [1.29, 1.82) is 0 Å². The Morgan fingerprint density at radius 2 is 1.38 bits per heavy atom. The standard InChI is InChI=1S/C6H11.C5H5N.2C4H9.Al/c1-3-5-6-4-2;1-2-4-6-5-3-1;2*1-4(2)3;/h1,3H,4-6H2,2H3;1-5H;2*4H,1H2,2-3H3;/q-1;;2*-1;+3. The molecule has 0 atom stereocenters. The summed E-state index contributed by atoms with van der Waals surface area (Å²) < 4.78 is 0. The van der Waals surface area contributed by atoms with Crippen LogP contribution in [0.5, 0.6) is 0 Å². The van der Waals surface area contributed by atoms with Crippen LogP contribution in [0.1, 0.15) is 53.9 Å². The number of nitrogens with zero attached hydrogens (tertiary/aromatic N) is 1. The van der Waals surface area contributed by atoms with Crippen molar-refractivity contribution in [2.24, 2.45) is 11.8 Å². The molecule has 0 radical (unpaired) electrons. The third-order valence-corrected chi connectivity index (χ3v) is 1.29. The van der Waals surface area contributed by atoms with Gasteiger partial charge in [0.2, 0.25) is 0 Å². The summed E-state index contributed by atoms with van der Waals surface area (Å²) in [6, 6.07) is 5.72. The minimum absolute atomic E-state index is 0. The quantitative estimate of drug-likeness (QED) is 0.389. The summed E-state index contributed by atoms with van der Waals surface area (Å²) >= 11 is 0. The molecule has 0 unspecified atom stereocenters. The molecular formula is C19H34AlN. The summed E-state index contributed by atoms with van der Waals surface area (Å²) in [7, 11) is 0. The zero-order valence-electron chi connectivity index (χ0n) is 14.8. The Bertz CT molecular complexity index is 207. The maximum absolute atomic E-state index is 5.09. The molecule has 0 N–H and O–H groups in total. The summed E-state index contributed by atoms with van der Waals surface area (Å²) in [5.41, 5.74) is 0. The molecule has 0 saturated carbocycles. The van der Waals surface area contributed by atoms with Crippen molar-refractivity contribution in [2.75, 3.05) is 0 Å². The van der Waals surface area contributed by atoms with E-state index in [2.05, 4.69) is 53.5 Å². The summed E-state index contributed by atoms with van der Waals surface area (Å²) in [6.45, 7) is 22.7. The predicted octanol–water partition coefficient (Wildman–Crippen LogP) is 5.82. The molecule has 21 heavy (non-hydrogen) atoms. The first-order valence-electron chi connectivity index (χ1n) is 7.42. The summed E-state index contributed by atoms with van der Waals surface area (Å²) in [4.78, 5) is 3.78. The minimum atomic E-state index is 0. The van der Waals surface area contributed by atoms with E-state index in [0.29, 0.717) is 11.8 Å². The van der Waals surface area contributed by atoms with Crippen molar-refractivity contribution >= 4 is 17.4 Å². The van der Waals surface area contributed by atoms with Crippen LogP contribution in [-0.2, 0) is 0 Å². The smallest absolute Gasteiger partial charge is 0.518 e. The van der Waals surface area contributed by atoms with Gasteiger partial charge in [0, 0.05) is 12.4 Å². The number of hydrogen-bond donors (Lipinski definition) is 0. The summed E-state index contributed by atoms with van der Waals surface area (Å²) in [5, 5.41) is 0. The van der Waals surface area contributed by atoms with E-state index < -0.39 is 0 Å². The number of allylic oxidation sites excluding steroid dienone is 1. The van der Waals surface area contributed by atoms with Crippen LogP contribution in [-0.4, -0.2) is 22.3 Å². The molecule has 0 saturated heterocycles. The Labute approximate surface area is 145 Å². The molecular weight excluding hydrogens is 269 g/mol. The maximum atomic E-state index is 5.09. The van der Waals surface area contributed by atoms with Crippen molar-refractivity contribution in [3.05, 3.63) is 57.1 Å². The zero-order chi connectivity index (χ0) is 16.2. The van der Waals surface area contributed by atoms with E-state index in [-0.39, 0.29) is 17.4 Å². The van der Waals surface area contributed by atoms with Crippen molar-refractivity contribution in [2.45, 2.75) is 53.9 Å². The molecule has 1 rings (SSSR count). The molecule has 0 aliphatic carbocycles. The van der Waals surface area contributed by atoms with E-state index in [9.17, 15) is 0 Å². The SMILES string of the molecule is [Al+3].[CH-]=CCCCC.[CH2-]C(C)C.[CH2-]C(C)C.c1ccncc1. The normalized spacial score (nSPS) is 8.05. The van der Waals surface area contributed by atoms with E-state index in [0.717, 1.165) is 6.42 Å². The molecule has 0 aliphatic rings. The first-order chi connectivity index (χ1) is 9.38. The first kappa shape index (κ1) is 28.6. The molecule has 1 aromatic rings. The number of aromatic nitrogens is 1. The van der Waals surface area contributed by atoms with Gasteiger partial charge in [0.05, 0.1) is 0 Å². The number of hydrogen-bond acceptors (Lipinski definition) is 1. The van der Waals surface area contributed by atoms with Gasteiger partial charge in [-0.25, -0.2) is 0 Å². The van der Waals surface area contributed by atoms with Crippen LogP contribution in [0, 0.1) is 32.3 Å². The van der Waals surface area contributed by atoms with E-state index in [1.54, 1.807) is 18.5 Å². The molecule has 0 amide bonds. The van der Waals surface area contributed by atoms with Gasteiger partial charge in [0.15, 0.2) is 0 Å². The summed E-state index contributed by atoms with van der Waals surface area (Å²) in [6.07, 6.45) is 8.75. The van der Waals surface area contributed by atoms with Crippen LogP contribution in [0.15, 0.2) is 36.7 Å². The average Bonchev–Trinajstić information content (AvgIpc) is 2.38. The van der Waals surface area contributed by atoms with E-state index in [4.69, 9.17) is 6.58 Å². The second kappa shape index (κ2) is 27.7. The number of unbranched alkanes of at least 4 members (excludes halogenated alkanes) is 2. The molecule has 1 heterocycles. The fraction of sp³-hybridized carbons (Fsp3) is 0.526. The van der Waals surface area contributed by atoms with Crippen LogP contribution in [0.25, 0.3) is 0 Å². The molecule has 0 spiro atoms. The van der Waals surface area contributed by atoms with Gasteiger partial charge < -0.3 is 20.4 Å². The minimum Gasteiger partial charge on any atom is -0.518 e. The third-order valence-electron chi connectivity index (χ3n) is 1.29. The third kappa shape index (κ3) is 83.1. The van der Waals surface area contributed by atoms with Crippen molar-refractivity contribution in [3.63, 3.8) is 0 Å². The van der Waals surface area contributed by atoms with Gasteiger partial charge in [-0.1, -0.05) is 59.9 Å². The molecule has 118 valence electrons. The Balaban J connectivity index is -0.0000000923. The first-order valence-corrected chi connectivity index (χ1v) is 7.42. The van der Waals surface area contributed by atoms with Crippen LogP contribution in [0.2, 0.25) is 0 Å². The van der Waals surface area contributed by atoms with E-state index in [1.807, 2.05) is 18.2 Å². The van der Waals surface area contributed by atoms with Crippen molar-refractivity contribution < 1.29 is 0 Å². The average molecular weight is 303 g/mol. The van der Waals surface area contributed by atoms with Crippen LogP contribution in [0.4, 0.5) is 0 Å². The Kier molecular flexibility index (Phi) is 37.7. The van der Waals surface area contributed by atoms with Crippen LogP contribution >= 0.6 is 0 Å². The van der Waals surface area contributed by atoms with Gasteiger partial charge in [-0.15, -0.1) is 0 Å². The number of rotatable bonds is 3. The largest absolute Gasteiger partial charge is 3.00 e. The van der Waals surface area contributed by atoms with Gasteiger partial charge in [-0.05, 0) is 12.1 Å². The van der Waals surface area contributed by atoms with Crippen LogP contribution in [0.3, 0.4) is 0 Å². The topological polar surface area (TPSA) is 12.9 Å². The molecule has 2 heteroatoms. The van der Waals surface area contributed by atoms with Gasteiger partial charge in [-0.2, -0.15) is 11.8 Å². The molecule has 1 aromatic heterocycles. The molecule has 0 fully saturated rings. The molecule has 0 aliphatic heterocycles. The maximum Gasteiger partial charge on any atom is 3.00 e. The fourth-order valence-electron chi connectivity index (χ4n) is 0.635. The van der Waals surface area contributed by atoms with Crippen molar-refractivity contribution in [1.82, 2.24) is 4.98 Å². The monoisotopic (exact) mass is 303 g/mol. The summed E-state index contributed by atoms with van der Waals surface area (Å²) in [5.74, 6) is 1.17. The van der Waals surface area contributed by atoms with Gasteiger partial charge in [-0.3, -0.25) is 11.1 Å². The second-order valence-electron chi connectivity index (χ2n) is 5.19. The molecule has 0 bridgehead atoms. The number of pyridine rings is 1. The molecule has 0 aromatic carbocycles. The van der Waals surface area contributed by atoms with Gasteiger partial charge in [0.1, 0.15) is 0 Å². The van der Waals surface area contributed by atoms with Crippen LogP contribution < -0.4 is 0 Å². The van der Waals surface area contributed by atoms with Gasteiger partial charge >= 0.3 is 17.4 Å². The second-order valence-corrected chi connectivity index (χ2v) is 5.19. The Hall–Kier alpha value is -0.578. The predicted molar refractivity (Wildman–Crippen MR) is 98.8 cm³/mol. The van der Waals surface area contributed by atoms with E-state index in [1.165, 1.54) is 12.8 Å². The van der Waals surface area contributed by atoms with Gasteiger partial charge in [0.25, 0.3) is 0 Å². The van der Waals surface area contributed by atoms with E-state index >= 15 is 0 Å². The van der Waals surface area contributed by atoms with Crippen molar-refractivity contribution in [3.8, 4) is 0 Å². The Morgan fingerprint density at radius 1 is 1.00 bits per heavy atom. The Morgan fingerprint density at radius 3 is 1.48 bits per heavy atom. The zero-order valence-corrected chi connectivity index (χ0v) is 15.9. The molecule has 1 nitrogen and oxygen atoms in total.